The summed E-state index contributed by atoms with van der Waals surface area (Å²) in [5, 5.41) is 8.45. The lowest BCUT2D eigenvalue weighted by atomic mass is 10.1. The summed E-state index contributed by atoms with van der Waals surface area (Å²) in [5.74, 6) is 0. The van der Waals surface area contributed by atoms with Crippen molar-refractivity contribution < 1.29 is 8.42 Å². The summed E-state index contributed by atoms with van der Waals surface area (Å²) in [6.45, 7) is 0.784. The molecule has 0 spiro atoms. The van der Waals surface area contributed by atoms with Crippen LogP contribution in [0.1, 0.15) is 25.7 Å². The third-order valence-electron chi connectivity index (χ3n) is 3.92. The standard InChI is InChI=1S/C13H21N3O2S2/c1-19-13(7-2-3-8-13)9-16-10-5-4-6-11(12(10)14)20(15,17)18/h4-6,16H,2-3,7-9,14H2,1H3,(H2,15,17,18). The molecule has 1 fully saturated rings. The smallest absolute Gasteiger partial charge is 0.240 e. The van der Waals surface area contributed by atoms with Gasteiger partial charge in [0.15, 0.2) is 0 Å². The van der Waals surface area contributed by atoms with Crippen LogP contribution in [0.25, 0.3) is 0 Å². The molecule has 5 N–H and O–H groups in total. The summed E-state index contributed by atoms with van der Waals surface area (Å²) in [7, 11) is -3.78. The molecule has 0 amide bonds. The Balaban J connectivity index is 2.18. The van der Waals surface area contributed by atoms with Gasteiger partial charge in [-0.25, -0.2) is 13.6 Å². The third kappa shape index (κ3) is 3.21. The van der Waals surface area contributed by atoms with Gasteiger partial charge in [0.05, 0.1) is 11.4 Å². The number of para-hydroxylation sites is 1. The van der Waals surface area contributed by atoms with Crippen LogP contribution in [0.5, 0.6) is 0 Å². The van der Waals surface area contributed by atoms with Crippen molar-refractivity contribution in [3.05, 3.63) is 18.2 Å². The van der Waals surface area contributed by atoms with Crippen LogP contribution in [0.15, 0.2) is 23.1 Å². The molecule has 0 saturated heterocycles. The minimum absolute atomic E-state index is 0.0212. The van der Waals surface area contributed by atoms with Crippen LogP contribution in [0.4, 0.5) is 11.4 Å². The maximum Gasteiger partial charge on any atom is 0.240 e. The highest BCUT2D eigenvalue weighted by molar-refractivity contribution is 8.00. The fourth-order valence-corrected chi connectivity index (χ4v) is 4.27. The molecule has 0 radical (unpaired) electrons. The molecule has 0 unspecified atom stereocenters. The Hall–Kier alpha value is -0.920. The van der Waals surface area contributed by atoms with Crippen LogP contribution < -0.4 is 16.2 Å². The molecule has 0 aliphatic heterocycles. The predicted octanol–water partition coefficient (Wildman–Crippen LogP) is 2.00. The highest BCUT2D eigenvalue weighted by Crippen LogP contribution is 2.40. The number of thioether (sulfide) groups is 1. The van der Waals surface area contributed by atoms with E-state index in [1.54, 1.807) is 12.1 Å². The first kappa shape index (κ1) is 15.5. The van der Waals surface area contributed by atoms with E-state index in [9.17, 15) is 8.42 Å². The van der Waals surface area contributed by atoms with Gasteiger partial charge >= 0.3 is 0 Å². The lowest BCUT2D eigenvalue weighted by Gasteiger charge is -2.28. The van der Waals surface area contributed by atoms with Crippen LogP contribution in [0.2, 0.25) is 0 Å². The van der Waals surface area contributed by atoms with Crippen molar-refractivity contribution in [3.8, 4) is 0 Å². The number of rotatable bonds is 5. The molecular weight excluding hydrogens is 294 g/mol. The van der Waals surface area contributed by atoms with E-state index in [1.165, 1.54) is 31.7 Å². The molecule has 1 saturated carbocycles. The van der Waals surface area contributed by atoms with Gasteiger partial charge in [-0.05, 0) is 31.2 Å². The zero-order chi connectivity index (χ0) is 14.8. The van der Waals surface area contributed by atoms with Crippen molar-refractivity contribution in [2.45, 2.75) is 35.3 Å². The van der Waals surface area contributed by atoms with Crippen molar-refractivity contribution in [2.75, 3.05) is 23.9 Å². The third-order valence-corrected chi connectivity index (χ3v) is 6.31. The fraction of sp³-hybridized carbons (Fsp3) is 0.538. The summed E-state index contributed by atoms with van der Waals surface area (Å²) in [6, 6.07) is 4.86. The molecule has 7 heteroatoms. The van der Waals surface area contributed by atoms with E-state index in [1.807, 2.05) is 11.8 Å². The topological polar surface area (TPSA) is 98.2 Å². The maximum absolute atomic E-state index is 11.5. The van der Waals surface area contributed by atoms with Crippen molar-refractivity contribution >= 4 is 33.2 Å². The summed E-state index contributed by atoms with van der Waals surface area (Å²) < 4.78 is 23.1. The van der Waals surface area contributed by atoms with Crippen LogP contribution >= 0.6 is 11.8 Å². The van der Waals surface area contributed by atoms with E-state index >= 15 is 0 Å². The predicted molar refractivity (Wildman–Crippen MR) is 85.4 cm³/mol. The van der Waals surface area contributed by atoms with Crippen molar-refractivity contribution in [1.29, 1.82) is 0 Å². The highest BCUT2D eigenvalue weighted by Gasteiger charge is 2.32. The van der Waals surface area contributed by atoms with Gasteiger partial charge in [-0.3, -0.25) is 0 Å². The van der Waals surface area contributed by atoms with Gasteiger partial charge in [-0.1, -0.05) is 18.9 Å². The van der Waals surface area contributed by atoms with Crippen molar-refractivity contribution in [2.24, 2.45) is 5.14 Å². The van der Waals surface area contributed by atoms with E-state index in [0.29, 0.717) is 5.69 Å². The zero-order valence-corrected chi connectivity index (χ0v) is 13.2. The molecule has 20 heavy (non-hydrogen) atoms. The van der Waals surface area contributed by atoms with Gasteiger partial charge in [0.1, 0.15) is 4.90 Å². The molecule has 112 valence electrons. The lowest BCUT2D eigenvalue weighted by molar-refractivity contribution is 0.598. The summed E-state index contributed by atoms with van der Waals surface area (Å²) in [6.07, 6.45) is 6.97. The Morgan fingerprint density at radius 1 is 1.35 bits per heavy atom. The number of anilines is 2. The number of nitrogens with two attached hydrogens (primary N) is 2. The first-order valence-corrected chi connectivity index (χ1v) is 9.35. The van der Waals surface area contributed by atoms with E-state index < -0.39 is 10.0 Å². The fourth-order valence-electron chi connectivity index (χ4n) is 2.67. The highest BCUT2D eigenvalue weighted by atomic mass is 32.2. The van der Waals surface area contributed by atoms with Crippen molar-refractivity contribution in [1.82, 2.24) is 0 Å². The molecule has 0 bridgehead atoms. The van der Waals surface area contributed by atoms with Gasteiger partial charge in [-0.2, -0.15) is 11.8 Å². The number of primary sulfonamides is 1. The van der Waals surface area contributed by atoms with E-state index in [0.717, 1.165) is 6.54 Å². The van der Waals surface area contributed by atoms with Crippen LogP contribution in [-0.2, 0) is 10.0 Å². The van der Waals surface area contributed by atoms with E-state index in [2.05, 4.69) is 11.6 Å². The Bertz CT molecular complexity index is 581. The molecule has 1 aliphatic carbocycles. The SMILES string of the molecule is CSC1(CNc2cccc(S(N)(=O)=O)c2N)CCCC1. The number of benzene rings is 1. The van der Waals surface area contributed by atoms with E-state index in [-0.39, 0.29) is 15.3 Å². The van der Waals surface area contributed by atoms with Gasteiger partial charge in [0, 0.05) is 11.3 Å². The number of nitrogens with one attached hydrogen (secondary N) is 1. The zero-order valence-electron chi connectivity index (χ0n) is 11.6. The van der Waals surface area contributed by atoms with Crippen LogP contribution in [0, 0.1) is 0 Å². The second-order valence-corrected chi connectivity index (χ2v) is 8.01. The Labute approximate surface area is 124 Å². The lowest BCUT2D eigenvalue weighted by Crippen LogP contribution is -2.30. The Kier molecular flexibility index (Phi) is 4.51. The summed E-state index contributed by atoms with van der Waals surface area (Å²) in [5.41, 5.74) is 6.74. The molecule has 1 aromatic carbocycles. The Morgan fingerprint density at radius 3 is 2.55 bits per heavy atom. The van der Waals surface area contributed by atoms with Crippen LogP contribution in [0.3, 0.4) is 0 Å². The molecule has 0 aromatic heterocycles. The molecule has 5 nitrogen and oxygen atoms in total. The number of sulfonamides is 1. The van der Waals surface area contributed by atoms with E-state index in [4.69, 9.17) is 10.9 Å². The minimum atomic E-state index is -3.78. The number of hydrogen-bond donors (Lipinski definition) is 3. The molecule has 1 aliphatic rings. The molecule has 2 rings (SSSR count). The molecular formula is C13H21N3O2S2. The first-order chi connectivity index (χ1) is 9.38. The Morgan fingerprint density at radius 2 is 2.00 bits per heavy atom. The monoisotopic (exact) mass is 315 g/mol. The number of nitrogen functional groups attached to an aromatic ring is 1. The van der Waals surface area contributed by atoms with Crippen LogP contribution in [-0.4, -0.2) is 26.0 Å². The summed E-state index contributed by atoms with van der Waals surface area (Å²) >= 11 is 1.87. The van der Waals surface area contributed by atoms with Crippen molar-refractivity contribution in [3.63, 3.8) is 0 Å². The van der Waals surface area contributed by atoms with Gasteiger partial charge < -0.3 is 11.1 Å². The van der Waals surface area contributed by atoms with Gasteiger partial charge in [0.25, 0.3) is 0 Å². The van der Waals surface area contributed by atoms with Gasteiger partial charge in [-0.15, -0.1) is 0 Å². The largest absolute Gasteiger partial charge is 0.396 e. The quantitative estimate of drug-likeness (QED) is 0.722. The molecule has 0 atom stereocenters. The number of hydrogen-bond acceptors (Lipinski definition) is 5. The normalized spacial score (nSPS) is 18.1. The average Bonchev–Trinajstić information content (AvgIpc) is 2.85. The molecule has 0 heterocycles. The second-order valence-electron chi connectivity index (χ2n) is 5.21. The average molecular weight is 315 g/mol. The minimum Gasteiger partial charge on any atom is -0.396 e. The van der Waals surface area contributed by atoms with Gasteiger partial charge in [0.2, 0.25) is 10.0 Å². The molecule has 1 aromatic rings. The first-order valence-electron chi connectivity index (χ1n) is 6.58. The second kappa shape index (κ2) is 5.83. The maximum atomic E-state index is 11.5. The summed E-state index contributed by atoms with van der Waals surface area (Å²) in [4.78, 5) is -0.0212.